The van der Waals surface area contributed by atoms with Crippen LogP contribution in [0.2, 0.25) is 0 Å². The minimum Gasteiger partial charge on any atom is -0.370 e. The fraction of sp³-hybridized carbons (Fsp3) is 0.526. The monoisotopic (exact) mass is 300 g/mol. The molecule has 3 nitrogen and oxygen atoms in total. The average molecular weight is 300 g/mol. The molecule has 1 atom stereocenters. The molecule has 0 radical (unpaired) electrons. The summed E-state index contributed by atoms with van der Waals surface area (Å²) in [5.41, 5.74) is 7.79. The maximum absolute atomic E-state index is 11.1. The number of carbonyl (C=O) groups excluding carboxylic acids is 1. The molecule has 2 N–H and O–H groups in total. The molecule has 0 aliphatic carbocycles. The summed E-state index contributed by atoms with van der Waals surface area (Å²) in [6.45, 7) is 6.83. The van der Waals surface area contributed by atoms with E-state index in [9.17, 15) is 4.79 Å². The Bertz CT molecular complexity index is 627. The third kappa shape index (κ3) is 4.12. The van der Waals surface area contributed by atoms with Crippen molar-refractivity contribution in [3.8, 4) is 0 Å². The average Bonchev–Trinajstić information content (AvgIpc) is 2.83. The third-order valence-corrected chi connectivity index (χ3v) is 4.34. The van der Waals surface area contributed by atoms with Crippen molar-refractivity contribution in [2.45, 2.75) is 58.9 Å². The number of hydrogen-bond donors (Lipinski definition) is 1. The highest BCUT2D eigenvalue weighted by molar-refractivity contribution is 5.85. The number of carbonyl (C=O) groups is 1. The molecule has 1 aromatic heterocycles. The van der Waals surface area contributed by atoms with E-state index in [0.717, 1.165) is 12.3 Å². The van der Waals surface area contributed by atoms with Gasteiger partial charge in [-0.2, -0.15) is 0 Å². The van der Waals surface area contributed by atoms with Gasteiger partial charge in [-0.25, -0.2) is 0 Å². The van der Waals surface area contributed by atoms with Gasteiger partial charge >= 0.3 is 0 Å². The normalized spacial score (nSPS) is 12.9. The minimum atomic E-state index is -0.234. The molecule has 120 valence electrons. The molecular formula is C19H28N2O. The number of amides is 1. The second kappa shape index (κ2) is 7.48. The summed E-state index contributed by atoms with van der Waals surface area (Å²) in [5.74, 6) is 0.529. The molecule has 22 heavy (non-hydrogen) atoms. The van der Waals surface area contributed by atoms with E-state index in [0.29, 0.717) is 12.5 Å². The van der Waals surface area contributed by atoms with Crippen LogP contribution in [0, 0.1) is 5.92 Å². The zero-order valence-electron chi connectivity index (χ0n) is 14.0. The smallest absolute Gasteiger partial charge is 0.217 e. The largest absolute Gasteiger partial charge is 0.370 e. The fourth-order valence-corrected chi connectivity index (χ4v) is 3.06. The number of para-hydroxylation sites is 1. The van der Waals surface area contributed by atoms with E-state index in [1.807, 2.05) is 0 Å². The van der Waals surface area contributed by atoms with Gasteiger partial charge in [0.1, 0.15) is 0 Å². The van der Waals surface area contributed by atoms with Crippen molar-refractivity contribution in [1.82, 2.24) is 4.57 Å². The van der Waals surface area contributed by atoms with Gasteiger partial charge in [-0.15, -0.1) is 0 Å². The van der Waals surface area contributed by atoms with Crippen molar-refractivity contribution in [3.63, 3.8) is 0 Å². The lowest BCUT2D eigenvalue weighted by Gasteiger charge is -2.16. The molecule has 2 rings (SSSR count). The van der Waals surface area contributed by atoms with Crippen LogP contribution in [0.1, 0.15) is 58.1 Å². The van der Waals surface area contributed by atoms with Crippen molar-refractivity contribution < 1.29 is 4.79 Å². The lowest BCUT2D eigenvalue weighted by atomic mass is 10.0. The number of benzene rings is 1. The summed E-state index contributed by atoms with van der Waals surface area (Å²) in [5, 5.41) is 1.25. The zero-order valence-corrected chi connectivity index (χ0v) is 14.0. The Labute approximate surface area is 133 Å². The minimum absolute atomic E-state index is 0.234. The number of hydrogen-bond acceptors (Lipinski definition) is 1. The van der Waals surface area contributed by atoms with Gasteiger partial charge in [-0.05, 0) is 37.3 Å². The van der Waals surface area contributed by atoms with E-state index >= 15 is 0 Å². The highest BCUT2D eigenvalue weighted by Gasteiger charge is 2.13. The second-order valence-corrected chi connectivity index (χ2v) is 6.72. The van der Waals surface area contributed by atoms with Crippen LogP contribution in [0.25, 0.3) is 10.9 Å². The lowest BCUT2D eigenvalue weighted by molar-refractivity contribution is -0.117. The SMILES string of the molecule is CC(C)CCCC(C)n1cc(CCC(N)=O)c2ccccc21. The van der Waals surface area contributed by atoms with Crippen LogP contribution in [0.3, 0.4) is 0 Å². The number of nitrogens with zero attached hydrogens (tertiary/aromatic N) is 1. The lowest BCUT2D eigenvalue weighted by Crippen LogP contribution is -2.11. The molecule has 1 aromatic carbocycles. The standard InChI is InChI=1S/C19H28N2O/c1-14(2)7-6-8-15(3)21-13-16(11-12-19(20)22)17-9-4-5-10-18(17)21/h4-5,9-10,13-15H,6-8,11-12H2,1-3H3,(H2,20,22). The van der Waals surface area contributed by atoms with E-state index in [1.54, 1.807) is 0 Å². The number of rotatable bonds is 8. The number of fused-ring (bicyclic) bond motifs is 1. The molecular weight excluding hydrogens is 272 g/mol. The molecule has 1 unspecified atom stereocenters. The summed E-state index contributed by atoms with van der Waals surface area (Å²) in [6, 6.07) is 8.93. The molecule has 0 fully saturated rings. The van der Waals surface area contributed by atoms with Crippen molar-refractivity contribution in [2.75, 3.05) is 0 Å². The van der Waals surface area contributed by atoms with Crippen LogP contribution in [-0.2, 0) is 11.2 Å². The Kier molecular flexibility index (Phi) is 5.64. The topological polar surface area (TPSA) is 48.0 Å². The number of aromatic nitrogens is 1. The van der Waals surface area contributed by atoms with E-state index in [-0.39, 0.29) is 5.91 Å². The van der Waals surface area contributed by atoms with Crippen LogP contribution in [0.15, 0.2) is 30.5 Å². The van der Waals surface area contributed by atoms with Gasteiger partial charge in [0.05, 0.1) is 0 Å². The predicted octanol–water partition coefficient (Wildman–Crippen LogP) is 4.45. The first-order valence-corrected chi connectivity index (χ1v) is 8.35. The Morgan fingerprint density at radius 1 is 1.18 bits per heavy atom. The van der Waals surface area contributed by atoms with Crippen LogP contribution in [0.4, 0.5) is 0 Å². The molecule has 3 heteroatoms. The molecule has 0 saturated carbocycles. The first kappa shape index (κ1) is 16.6. The van der Waals surface area contributed by atoms with Crippen LogP contribution in [-0.4, -0.2) is 10.5 Å². The van der Waals surface area contributed by atoms with Crippen LogP contribution < -0.4 is 5.73 Å². The fourth-order valence-electron chi connectivity index (χ4n) is 3.06. The van der Waals surface area contributed by atoms with Gasteiger partial charge in [0.15, 0.2) is 0 Å². The first-order valence-electron chi connectivity index (χ1n) is 8.35. The van der Waals surface area contributed by atoms with Crippen molar-refractivity contribution in [2.24, 2.45) is 11.7 Å². The Morgan fingerprint density at radius 2 is 1.91 bits per heavy atom. The number of aryl methyl sites for hydroxylation is 1. The van der Waals surface area contributed by atoms with E-state index in [2.05, 4.69) is 55.8 Å². The molecule has 0 aliphatic rings. The maximum Gasteiger partial charge on any atom is 0.217 e. The summed E-state index contributed by atoms with van der Waals surface area (Å²) in [7, 11) is 0. The molecule has 0 aliphatic heterocycles. The summed E-state index contributed by atoms with van der Waals surface area (Å²) in [4.78, 5) is 11.1. The second-order valence-electron chi connectivity index (χ2n) is 6.72. The molecule has 0 bridgehead atoms. The van der Waals surface area contributed by atoms with Crippen molar-refractivity contribution in [1.29, 1.82) is 0 Å². The molecule has 0 spiro atoms. The van der Waals surface area contributed by atoms with Crippen LogP contribution >= 0.6 is 0 Å². The Balaban J connectivity index is 2.19. The summed E-state index contributed by atoms with van der Waals surface area (Å²) in [6.07, 6.45) is 7.07. The molecule has 2 aromatic rings. The Morgan fingerprint density at radius 3 is 2.59 bits per heavy atom. The zero-order chi connectivity index (χ0) is 16.1. The predicted molar refractivity (Wildman–Crippen MR) is 92.9 cm³/mol. The third-order valence-electron chi connectivity index (χ3n) is 4.34. The molecule has 1 heterocycles. The van der Waals surface area contributed by atoms with Gasteiger partial charge in [-0.3, -0.25) is 4.79 Å². The van der Waals surface area contributed by atoms with Gasteiger partial charge in [-0.1, -0.05) is 44.9 Å². The summed E-state index contributed by atoms with van der Waals surface area (Å²) < 4.78 is 2.37. The van der Waals surface area contributed by atoms with Crippen molar-refractivity contribution in [3.05, 3.63) is 36.0 Å². The van der Waals surface area contributed by atoms with Crippen molar-refractivity contribution >= 4 is 16.8 Å². The van der Waals surface area contributed by atoms with Crippen LogP contribution in [0.5, 0.6) is 0 Å². The Hall–Kier alpha value is -1.77. The quantitative estimate of drug-likeness (QED) is 0.769. The summed E-state index contributed by atoms with van der Waals surface area (Å²) >= 11 is 0. The van der Waals surface area contributed by atoms with Gasteiger partial charge in [0.25, 0.3) is 0 Å². The number of nitrogens with two attached hydrogens (primary N) is 1. The van der Waals surface area contributed by atoms with E-state index in [1.165, 1.54) is 35.7 Å². The van der Waals surface area contributed by atoms with E-state index < -0.39 is 0 Å². The highest BCUT2D eigenvalue weighted by Crippen LogP contribution is 2.28. The molecule has 0 saturated heterocycles. The van der Waals surface area contributed by atoms with Gasteiger partial charge in [0.2, 0.25) is 5.91 Å². The van der Waals surface area contributed by atoms with Gasteiger partial charge < -0.3 is 10.3 Å². The number of primary amides is 1. The first-order chi connectivity index (χ1) is 10.5. The maximum atomic E-state index is 11.1. The highest BCUT2D eigenvalue weighted by atomic mass is 16.1. The van der Waals surface area contributed by atoms with Gasteiger partial charge in [0, 0.05) is 29.6 Å². The van der Waals surface area contributed by atoms with E-state index in [4.69, 9.17) is 5.73 Å². The molecule has 1 amide bonds.